The van der Waals surface area contributed by atoms with Gasteiger partial charge in [-0.15, -0.1) is 0 Å². The molecule has 3 atom stereocenters. The van der Waals surface area contributed by atoms with E-state index in [2.05, 4.69) is 21.3 Å². The van der Waals surface area contributed by atoms with Crippen LogP contribution in [0.5, 0.6) is 5.75 Å². The highest BCUT2D eigenvalue weighted by Crippen LogP contribution is 2.30. The van der Waals surface area contributed by atoms with Crippen LogP contribution in [0.15, 0.2) is 97.1 Å². The Labute approximate surface area is 307 Å². The third-order valence-corrected chi connectivity index (χ3v) is 9.07. The topological polar surface area (TPSA) is 127 Å². The summed E-state index contributed by atoms with van der Waals surface area (Å²) >= 11 is 0. The van der Waals surface area contributed by atoms with E-state index >= 15 is 0 Å². The first-order valence-corrected chi connectivity index (χ1v) is 17.7. The van der Waals surface area contributed by atoms with Crippen molar-refractivity contribution in [3.63, 3.8) is 0 Å². The number of ether oxygens (including phenoxy) is 3. The van der Waals surface area contributed by atoms with Crippen LogP contribution in [0.1, 0.15) is 40.7 Å². The second kappa shape index (κ2) is 20.7. The fraction of sp³-hybridized carbons (Fsp3) is 0.357. The van der Waals surface area contributed by atoms with Gasteiger partial charge in [-0.25, -0.2) is 4.79 Å². The molecule has 0 heterocycles. The van der Waals surface area contributed by atoms with Crippen LogP contribution in [0.2, 0.25) is 0 Å². The Morgan fingerprint density at radius 3 is 1.88 bits per heavy atom. The predicted octanol–water partition coefficient (Wildman–Crippen LogP) is 4.90. The van der Waals surface area contributed by atoms with Crippen molar-refractivity contribution < 1.29 is 28.6 Å². The molecule has 0 saturated carbocycles. The first kappa shape index (κ1) is 39.8. The Hall–Kier alpha value is -5.03. The molecule has 0 aliphatic heterocycles. The van der Waals surface area contributed by atoms with Gasteiger partial charge < -0.3 is 35.5 Å². The molecule has 4 aromatic carbocycles. The second-order valence-electron chi connectivity index (χ2n) is 12.8. The molecule has 0 fully saturated rings. The maximum atomic E-state index is 13.6. The van der Waals surface area contributed by atoms with Gasteiger partial charge >= 0.3 is 11.9 Å². The number of aryl methyl sites for hydroxylation is 1. The molecule has 0 aromatic heterocycles. The van der Waals surface area contributed by atoms with Gasteiger partial charge in [0.1, 0.15) is 31.0 Å². The van der Waals surface area contributed by atoms with Crippen LogP contribution >= 0.6 is 0 Å². The van der Waals surface area contributed by atoms with Crippen molar-refractivity contribution in [1.82, 2.24) is 21.3 Å². The van der Waals surface area contributed by atoms with Gasteiger partial charge in [0, 0.05) is 12.8 Å². The summed E-state index contributed by atoms with van der Waals surface area (Å²) in [4.78, 5) is 39.7. The Kier molecular flexibility index (Phi) is 15.8. The summed E-state index contributed by atoms with van der Waals surface area (Å²) in [6.45, 7) is 3.24. The van der Waals surface area contributed by atoms with Crippen molar-refractivity contribution >= 4 is 17.8 Å². The Bertz CT molecular complexity index is 1730. The summed E-state index contributed by atoms with van der Waals surface area (Å²) in [6.07, 6.45) is 2.00. The van der Waals surface area contributed by atoms with Gasteiger partial charge in [-0.1, -0.05) is 84.9 Å². The summed E-state index contributed by atoms with van der Waals surface area (Å²) in [7, 11) is 6.72. The molecule has 0 aliphatic rings. The molecule has 4 N–H and O–H groups in total. The van der Waals surface area contributed by atoms with Crippen LogP contribution in [0.25, 0.3) is 11.1 Å². The average Bonchev–Trinajstić information content (AvgIpc) is 3.18. The maximum Gasteiger partial charge on any atom is 0.329 e. The number of esters is 2. The van der Waals surface area contributed by atoms with Gasteiger partial charge in [0.2, 0.25) is 5.91 Å². The van der Waals surface area contributed by atoms with Gasteiger partial charge in [0.05, 0.1) is 13.2 Å². The zero-order chi connectivity index (χ0) is 37.3. The zero-order valence-electron chi connectivity index (χ0n) is 30.9. The first-order valence-electron chi connectivity index (χ1n) is 17.7. The molecule has 0 unspecified atom stereocenters. The SMILES string of the molecule is CNCCC[C@H](NC)C(=O)N[C@@H](Cc1cc(-c2ccc(OCc3ccccc3)c(C[C@H](NC)C(=O)OC)c2)ccc1C)C(=O)OCc1ccccc1. The molecule has 0 radical (unpaired) electrons. The zero-order valence-corrected chi connectivity index (χ0v) is 30.9. The third kappa shape index (κ3) is 11.8. The van der Waals surface area contributed by atoms with Crippen molar-refractivity contribution in [2.45, 2.75) is 63.9 Å². The van der Waals surface area contributed by atoms with Crippen LogP contribution in [-0.4, -0.2) is 70.8 Å². The van der Waals surface area contributed by atoms with E-state index in [0.29, 0.717) is 25.2 Å². The average molecular weight is 709 g/mol. The Balaban J connectivity index is 1.63. The summed E-state index contributed by atoms with van der Waals surface area (Å²) < 4.78 is 17.1. The molecule has 0 aliphatic carbocycles. The number of nitrogens with one attached hydrogen (secondary N) is 4. The molecule has 4 rings (SSSR count). The lowest BCUT2D eigenvalue weighted by Gasteiger charge is -2.23. The molecular formula is C42H52N4O6. The van der Waals surface area contributed by atoms with Crippen LogP contribution in [0.3, 0.4) is 0 Å². The fourth-order valence-electron chi connectivity index (χ4n) is 5.94. The van der Waals surface area contributed by atoms with Crippen molar-refractivity contribution in [1.29, 1.82) is 0 Å². The maximum absolute atomic E-state index is 13.6. The van der Waals surface area contributed by atoms with Crippen LogP contribution in [0, 0.1) is 6.92 Å². The monoisotopic (exact) mass is 708 g/mol. The lowest BCUT2D eigenvalue weighted by molar-refractivity contribution is -0.149. The number of benzene rings is 4. The quantitative estimate of drug-likeness (QED) is 0.0749. The normalized spacial score (nSPS) is 12.7. The van der Waals surface area contributed by atoms with Gasteiger partial charge in [0.15, 0.2) is 0 Å². The summed E-state index contributed by atoms with van der Waals surface area (Å²) in [5.41, 5.74) is 6.42. The number of amides is 1. The van der Waals surface area contributed by atoms with Gasteiger partial charge in [-0.05, 0) is 98.5 Å². The van der Waals surface area contributed by atoms with Crippen molar-refractivity contribution in [3.8, 4) is 16.9 Å². The summed E-state index contributed by atoms with van der Waals surface area (Å²) in [5, 5.41) is 12.2. The fourth-order valence-corrected chi connectivity index (χ4v) is 5.94. The lowest BCUT2D eigenvalue weighted by Crippen LogP contribution is -2.50. The van der Waals surface area contributed by atoms with Gasteiger partial charge in [-0.3, -0.25) is 9.59 Å². The highest BCUT2D eigenvalue weighted by Gasteiger charge is 2.27. The Morgan fingerprint density at radius 1 is 0.673 bits per heavy atom. The minimum atomic E-state index is -0.911. The molecule has 4 aromatic rings. The van der Waals surface area contributed by atoms with Crippen LogP contribution in [-0.2, 0) is 49.9 Å². The van der Waals surface area contributed by atoms with E-state index in [9.17, 15) is 14.4 Å². The highest BCUT2D eigenvalue weighted by molar-refractivity contribution is 5.88. The molecule has 0 spiro atoms. The molecule has 276 valence electrons. The van der Waals surface area contributed by atoms with Crippen LogP contribution < -0.4 is 26.0 Å². The van der Waals surface area contributed by atoms with Gasteiger partial charge in [-0.2, -0.15) is 0 Å². The van der Waals surface area contributed by atoms with E-state index in [1.165, 1.54) is 7.11 Å². The van der Waals surface area contributed by atoms with Crippen molar-refractivity contribution in [3.05, 3.63) is 125 Å². The second-order valence-corrected chi connectivity index (χ2v) is 12.8. The van der Waals surface area contributed by atoms with E-state index < -0.39 is 24.1 Å². The smallest absolute Gasteiger partial charge is 0.329 e. The number of methoxy groups -OCH3 is 1. The van der Waals surface area contributed by atoms with E-state index in [1.807, 2.05) is 111 Å². The molecular weight excluding hydrogens is 656 g/mol. The van der Waals surface area contributed by atoms with Gasteiger partial charge in [0.25, 0.3) is 0 Å². The molecule has 1 amide bonds. The molecule has 52 heavy (non-hydrogen) atoms. The lowest BCUT2D eigenvalue weighted by atomic mass is 9.93. The highest BCUT2D eigenvalue weighted by atomic mass is 16.5. The van der Waals surface area contributed by atoms with Crippen molar-refractivity contribution in [2.75, 3.05) is 34.8 Å². The Morgan fingerprint density at radius 2 is 1.27 bits per heavy atom. The van der Waals surface area contributed by atoms with Crippen LogP contribution in [0.4, 0.5) is 0 Å². The minimum Gasteiger partial charge on any atom is -0.489 e. The number of rotatable bonds is 20. The third-order valence-electron chi connectivity index (χ3n) is 9.07. The number of hydrogen-bond acceptors (Lipinski definition) is 9. The summed E-state index contributed by atoms with van der Waals surface area (Å²) in [5.74, 6) is -0.458. The standard InChI is InChI=1S/C42H52N4O6/c1-29-18-19-32(33-20-21-39(51-27-30-13-8-6-9-14-30)35(24-33)26-37(45-4)41(48)50-5)23-34(29)25-38(42(49)52-28-31-15-10-7-11-16-31)46-40(47)36(44-3)17-12-22-43-2/h6-11,13-16,18-21,23-24,36-38,43-45H,12,17,22,25-28H2,1-5H3,(H,46,47)/t36-,37-,38-/m0/s1. The molecule has 10 nitrogen and oxygen atoms in total. The molecule has 0 bridgehead atoms. The predicted molar refractivity (Wildman–Crippen MR) is 204 cm³/mol. The minimum absolute atomic E-state index is 0.101. The largest absolute Gasteiger partial charge is 0.489 e. The number of hydrogen-bond donors (Lipinski definition) is 4. The number of carbonyl (C=O) groups is 3. The molecule has 0 saturated heterocycles. The van der Waals surface area contributed by atoms with E-state index in [4.69, 9.17) is 14.2 Å². The number of carbonyl (C=O) groups excluding carboxylic acids is 3. The van der Waals surface area contributed by atoms with E-state index in [-0.39, 0.29) is 24.9 Å². The van der Waals surface area contributed by atoms with Crippen molar-refractivity contribution in [2.24, 2.45) is 0 Å². The van der Waals surface area contributed by atoms with E-state index in [0.717, 1.165) is 51.9 Å². The summed E-state index contributed by atoms with van der Waals surface area (Å²) in [6, 6.07) is 29.4. The molecule has 10 heteroatoms. The van der Waals surface area contributed by atoms with E-state index in [1.54, 1.807) is 14.1 Å². The number of likely N-dealkylation sites (N-methyl/N-ethyl adjacent to an activating group) is 2. The first-order chi connectivity index (χ1) is 25.3.